The lowest BCUT2D eigenvalue weighted by Crippen LogP contribution is -2.33. The number of hydrogen-bond donors (Lipinski definition) is 1. The molecule has 0 radical (unpaired) electrons. The van der Waals surface area contributed by atoms with Gasteiger partial charge in [-0.3, -0.25) is 0 Å². The molecule has 116 valence electrons. The molecule has 1 unspecified atom stereocenters. The van der Waals surface area contributed by atoms with Crippen molar-refractivity contribution in [1.29, 1.82) is 0 Å². The highest BCUT2D eigenvalue weighted by molar-refractivity contribution is 5.81. The monoisotopic (exact) mass is 311 g/mol. The molecule has 0 fully saturated rings. The summed E-state index contributed by atoms with van der Waals surface area (Å²) in [4.78, 5) is 0. The maximum atomic E-state index is 13.4. The molecular weight excluding hydrogens is 300 g/mol. The van der Waals surface area contributed by atoms with E-state index in [1.54, 1.807) is 6.92 Å². The molecule has 1 aromatic carbocycles. The van der Waals surface area contributed by atoms with Crippen LogP contribution in [-0.2, 0) is 12.3 Å². The van der Waals surface area contributed by atoms with Gasteiger partial charge in [-0.25, -0.2) is 4.39 Å². The molecule has 0 saturated heterocycles. The van der Waals surface area contributed by atoms with Crippen LogP contribution in [-0.4, -0.2) is 12.2 Å². The highest BCUT2D eigenvalue weighted by Crippen LogP contribution is 2.45. The minimum atomic E-state index is -5.79. The molecule has 8 heteroatoms. The summed E-state index contributed by atoms with van der Waals surface area (Å²) >= 11 is 0. The summed E-state index contributed by atoms with van der Waals surface area (Å²) in [7, 11) is 0. The first-order valence-electron chi connectivity index (χ1n) is 5.95. The molecule has 0 saturated carbocycles. The van der Waals surface area contributed by atoms with Crippen molar-refractivity contribution in [3.05, 3.63) is 35.3 Å². The zero-order valence-corrected chi connectivity index (χ0v) is 10.8. The van der Waals surface area contributed by atoms with Crippen LogP contribution in [0.3, 0.4) is 0 Å². The SMILES string of the molecule is CC(N)Cc1cc(F)cc2cc(C(F)(F)C(F)(F)F)oc12. The Balaban J connectivity index is 2.61. The van der Waals surface area contributed by atoms with Gasteiger partial charge in [-0.1, -0.05) is 0 Å². The van der Waals surface area contributed by atoms with Crippen LogP contribution in [0.2, 0.25) is 0 Å². The van der Waals surface area contributed by atoms with Gasteiger partial charge in [0.05, 0.1) is 0 Å². The number of alkyl halides is 5. The Morgan fingerprint density at radius 1 is 1.14 bits per heavy atom. The van der Waals surface area contributed by atoms with Crippen molar-refractivity contribution >= 4 is 11.0 Å². The predicted octanol–water partition coefficient (Wildman–Crippen LogP) is 4.12. The largest absolute Gasteiger partial charge is 0.461 e. The summed E-state index contributed by atoms with van der Waals surface area (Å²) in [5, 5.41) is -0.162. The molecule has 1 aromatic heterocycles. The van der Waals surface area contributed by atoms with Crippen molar-refractivity contribution in [1.82, 2.24) is 0 Å². The van der Waals surface area contributed by atoms with Crippen LogP contribution in [0.25, 0.3) is 11.0 Å². The molecule has 0 amide bonds. The van der Waals surface area contributed by atoms with Crippen LogP contribution < -0.4 is 5.73 Å². The van der Waals surface area contributed by atoms with Gasteiger partial charge in [-0.15, -0.1) is 0 Å². The fourth-order valence-corrected chi connectivity index (χ4v) is 1.98. The molecule has 0 aliphatic heterocycles. The minimum Gasteiger partial charge on any atom is -0.454 e. The fourth-order valence-electron chi connectivity index (χ4n) is 1.98. The summed E-state index contributed by atoms with van der Waals surface area (Å²) in [6.07, 6.45) is -5.71. The highest BCUT2D eigenvalue weighted by Gasteiger charge is 2.61. The van der Waals surface area contributed by atoms with Crippen molar-refractivity contribution in [2.45, 2.75) is 31.5 Å². The van der Waals surface area contributed by atoms with Gasteiger partial charge >= 0.3 is 12.1 Å². The molecule has 2 nitrogen and oxygen atoms in total. The molecule has 1 heterocycles. The Morgan fingerprint density at radius 3 is 2.29 bits per heavy atom. The lowest BCUT2D eigenvalue weighted by molar-refractivity contribution is -0.295. The topological polar surface area (TPSA) is 39.2 Å². The van der Waals surface area contributed by atoms with Crippen LogP contribution in [0.15, 0.2) is 22.6 Å². The van der Waals surface area contributed by atoms with Crippen LogP contribution in [0, 0.1) is 5.82 Å². The van der Waals surface area contributed by atoms with E-state index in [1.165, 1.54) is 0 Å². The second kappa shape index (κ2) is 4.94. The summed E-state index contributed by atoms with van der Waals surface area (Å²) < 4.78 is 81.6. The average molecular weight is 311 g/mol. The maximum Gasteiger partial charge on any atom is 0.461 e. The molecule has 2 rings (SSSR count). The molecule has 0 aliphatic rings. The Morgan fingerprint density at radius 2 is 1.76 bits per heavy atom. The van der Waals surface area contributed by atoms with Crippen molar-refractivity contribution in [2.75, 3.05) is 0 Å². The second-order valence-corrected chi connectivity index (χ2v) is 4.85. The Labute approximate surface area is 115 Å². The molecule has 0 bridgehead atoms. The van der Waals surface area contributed by atoms with E-state index in [2.05, 4.69) is 4.42 Å². The van der Waals surface area contributed by atoms with E-state index in [1.807, 2.05) is 0 Å². The smallest absolute Gasteiger partial charge is 0.454 e. The third kappa shape index (κ3) is 2.85. The van der Waals surface area contributed by atoms with E-state index < -0.39 is 29.7 Å². The Bertz CT molecular complexity index is 658. The number of fused-ring (bicyclic) bond motifs is 1. The number of furan rings is 1. The van der Waals surface area contributed by atoms with Crippen LogP contribution in [0.4, 0.5) is 26.3 Å². The Hall–Kier alpha value is -1.70. The summed E-state index contributed by atoms with van der Waals surface area (Å²) in [5.74, 6) is -7.48. The molecule has 1 atom stereocenters. The van der Waals surface area contributed by atoms with Gasteiger partial charge in [0.15, 0.2) is 5.76 Å². The number of halogens is 6. The number of nitrogens with two attached hydrogens (primary N) is 1. The first-order chi connectivity index (χ1) is 9.52. The molecule has 0 aliphatic carbocycles. The van der Waals surface area contributed by atoms with Gasteiger partial charge in [0.1, 0.15) is 11.4 Å². The lowest BCUT2D eigenvalue weighted by atomic mass is 10.0. The third-order valence-corrected chi connectivity index (χ3v) is 2.87. The predicted molar refractivity (Wildman–Crippen MR) is 63.5 cm³/mol. The zero-order valence-electron chi connectivity index (χ0n) is 10.8. The molecule has 21 heavy (non-hydrogen) atoms. The highest BCUT2D eigenvalue weighted by atomic mass is 19.4. The van der Waals surface area contributed by atoms with Gasteiger partial charge in [0, 0.05) is 11.4 Å². The van der Waals surface area contributed by atoms with Crippen molar-refractivity contribution < 1.29 is 30.8 Å². The molecule has 2 N–H and O–H groups in total. The zero-order chi connectivity index (χ0) is 16.0. The van der Waals surface area contributed by atoms with Gasteiger partial charge in [-0.2, -0.15) is 22.0 Å². The second-order valence-electron chi connectivity index (χ2n) is 4.85. The third-order valence-electron chi connectivity index (χ3n) is 2.87. The first-order valence-corrected chi connectivity index (χ1v) is 5.95. The molecule has 0 spiro atoms. The van der Waals surface area contributed by atoms with E-state index in [0.717, 1.165) is 12.1 Å². The number of benzene rings is 1. The van der Waals surface area contributed by atoms with Gasteiger partial charge in [-0.05, 0) is 37.1 Å². The normalized spacial score (nSPS) is 14.7. The van der Waals surface area contributed by atoms with E-state index in [0.29, 0.717) is 6.07 Å². The lowest BCUT2D eigenvalue weighted by Gasteiger charge is -2.16. The number of rotatable bonds is 3. The quantitative estimate of drug-likeness (QED) is 0.866. The van der Waals surface area contributed by atoms with E-state index in [9.17, 15) is 26.3 Å². The van der Waals surface area contributed by atoms with Gasteiger partial charge in [0.25, 0.3) is 0 Å². The Kier molecular flexibility index (Phi) is 3.69. The maximum absolute atomic E-state index is 13.4. The average Bonchev–Trinajstić information content (AvgIpc) is 2.70. The standard InChI is InChI=1S/C13H11F6NO/c1-6(20)2-7-3-9(14)4-8-5-10(21-11(7)8)12(15,16)13(17,18)19/h3-6H,2,20H2,1H3. The number of hydrogen-bond acceptors (Lipinski definition) is 2. The van der Waals surface area contributed by atoms with Crippen molar-refractivity contribution in [3.8, 4) is 0 Å². The summed E-state index contributed by atoms with van der Waals surface area (Å²) in [6, 6.07) is 1.90. The molecular formula is C13H11F6NO. The van der Waals surface area contributed by atoms with Crippen LogP contribution in [0.5, 0.6) is 0 Å². The van der Waals surface area contributed by atoms with Crippen LogP contribution >= 0.6 is 0 Å². The van der Waals surface area contributed by atoms with Crippen molar-refractivity contribution in [3.63, 3.8) is 0 Å². The van der Waals surface area contributed by atoms with Crippen LogP contribution in [0.1, 0.15) is 18.2 Å². The van der Waals surface area contributed by atoms with E-state index in [4.69, 9.17) is 5.73 Å². The molecule has 2 aromatic rings. The first kappa shape index (κ1) is 15.7. The summed E-state index contributed by atoms with van der Waals surface area (Å²) in [5.41, 5.74) is 5.46. The van der Waals surface area contributed by atoms with Crippen molar-refractivity contribution in [2.24, 2.45) is 5.73 Å². The van der Waals surface area contributed by atoms with Gasteiger partial charge in [0.2, 0.25) is 0 Å². The fraction of sp³-hybridized carbons (Fsp3) is 0.385. The van der Waals surface area contributed by atoms with E-state index >= 15 is 0 Å². The minimum absolute atomic E-state index is 0.0821. The van der Waals surface area contributed by atoms with E-state index in [-0.39, 0.29) is 23.0 Å². The van der Waals surface area contributed by atoms with Gasteiger partial charge < -0.3 is 10.2 Å². The summed E-state index contributed by atoms with van der Waals surface area (Å²) in [6.45, 7) is 1.59.